The van der Waals surface area contributed by atoms with Crippen LogP contribution in [0.1, 0.15) is 27.6 Å². The minimum atomic E-state index is -0.181. The highest BCUT2D eigenvalue weighted by molar-refractivity contribution is 6.00. The zero-order chi connectivity index (χ0) is 22.2. The number of carbonyl (C=O) groups is 2. The first kappa shape index (κ1) is 19.9. The minimum absolute atomic E-state index is 0.0440. The van der Waals surface area contributed by atoms with Crippen molar-refractivity contribution in [2.24, 2.45) is 0 Å². The summed E-state index contributed by atoms with van der Waals surface area (Å²) >= 11 is 0. The van der Waals surface area contributed by atoms with Gasteiger partial charge in [-0.3, -0.25) is 18.8 Å². The molecule has 1 aliphatic heterocycles. The molecular formula is C25H22N4O3. The fraction of sp³-hybridized carbons (Fsp3) is 0.200. The molecule has 2 aromatic heterocycles. The Balaban J connectivity index is 1.39. The van der Waals surface area contributed by atoms with E-state index in [-0.39, 0.29) is 17.2 Å². The first-order chi connectivity index (χ1) is 15.5. The Bertz CT molecular complexity index is 1400. The number of hydrogen-bond donors (Lipinski definition) is 0. The molecule has 1 amide bonds. The quantitative estimate of drug-likeness (QED) is 0.372. The van der Waals surface area contributed by atoms with Crippen LogP contribution in [0.4, 0.5) is 5.69 Å². The van der Waals surface area contributed by atoms with Crippen LogP contribution in [0.2, 0.25) is 0 Å². The van der Waals surface area contributed by atoms with Crippen LogP contribution >= 0.6 is 0 Å². The van der Waals surface area contributed by atoms with Crippen LogP contribution in [0.25, 0.3) is 16.6 Å². The smallest absolute Gasteiger partial charge is 0.265 e. The summed E-state index contributed by atoms with van der Waals surface area (Å²) < 4.78 is 1.45. The predicted molar refractivity (Wildman–Crippen MR) is 124 cm³/mol. The van der Waals surface area contributed by atoms with E-state index < -0.39 is 0 Å². The van der Waals surface area contributed by atoms with Gasteiger partial charge in [0.15, 0.2) is 11.4 Å². The summed E-state index contributed by atoms with van der Waals surface area (Å²) in [5.41, 5.74) is 2.93. The van der Waals surface area contributed by atoms with Crippen LogP contribution in [0.15, 0.2) is 71.7 Å². The molecule has 32 heavy (non-hydrogen) atoms. The van der Waals surface area contributed by atoms with Crippen molar-refractivity contribution < 1.29 is 9.59 Å². The molecule has 1 fully saturated rings. The molecule has 0 saturated carbocycles. The number of piperazine rings is 1. The second-order valence-corrected chi connectivity index (χ2v) is 7.93. The van der Waals surface area contributed by atoms with E-state index in [0.717, 1.165) is 5.69 Å². The maximum Gasteiger partial charge on any atom is 0.265 e. The first-order valence-corrected chi connectivity index (χ1v) is 10.6. The molecule has 7 nitrogen and oxygen atoms in total. The Hall–Kier alpha value is -4.00. The number of ketones is 1. The largest absolute Gasteiger partial charge is 0.368 e. The van der Waals surface area contributed by atoms with Crippen LogP contribution in [-0.2, 0) is 0 Å². The summed E-state index contributed by atoms with van der Waals surface area (Å²) in [6, 6.07) is 18.2. The van der Waals surface area contributed by atoms with Gasteiger partial charge in [-0.2, -0.15) is 0 Å². The molecule has 0 aliphatic carbocycles. The molecule has 0 spiro atoms. The van der Waals surface area contributed by atoms with E-state index in [1.54, 1.807) is 48.4 Å². The van der Waals surface area contributed by atoms with Crippen LogP contribution < -0.4 is 10.5 Å². The number of anilines is 1. The Kier molecular flexibility index (Phi) is 4.93. The number of Topliss-reactive ketones (excluding diaryl/α,β-unsaturated/α-hetero) is 1. The summed E-state index contributed by atoms with van der Waals surface area (Å²) in [6.45, 7) is 4.05. The van der Waals surface area contributed by atoms with E-state index in [4.69, 9.17) is 0 Å². The molecule has 160 valence electrons. The number of aromatic nitrogens is 2. The molecule has 0 radical (unpaired) electrons. The number of amides is 1. The lowest BCUT2D eigenvalue weighted by atomic mass is 10.1. The van der Waals surface area contributed by atoms with Gasteiger partial charge >= 0.3 is 0 Å². The monoisotopic (exact) mass is 426 g/mol. The molecule has 0 bridgehead atoms. The Morgan fingerprint density at radius 3 is 2.31 bits per heavy atom. The van der Waals surface area contributed by atoms with Crippen LogP contribution in [-0.4, -0.2) is 52.2 Å². The minimum Gasteiger partial charge on any atom is -0.368 e. The highest BCUT2D eigenvalue weighted by Crippen LogP contribution is 2.20. The van der Waals surface area contributed by atoms with Gasteiger partial charge in [-0.1, -0.05) is 12.1 Å². The summed E-state index contributed by atoms with van der Waals surface area (Å²) in [5, 5.41) is 0.527. The molecule has 4 aromatic rings. The average molecular weight is 426 g/mol. The van der Waals surface area contributed by atoms with E-state index in [0.29, 0.717) is 53.9 Å². The third-order valence-electron chi connectivity index (χ3n) is 5.98. The number of rotatable bonds is 3. The molecule has 2 aromatic carbocycles. The van der Waals surface area contributed by atoms with Gasteiger partial charge in [0, 0.05) is 43.6 Å². The zero-order valence-corrected chi connectivity index (χ0v) is 17.7. The first-order valence-electron chi connectivity index (χ1n) is 10.6. The van der Waals surface area contributed by atoms with Crippen molar-refractivity contribution in [1.29, 1.82) is 0 Å². The van der Waals surface area contributed by atoms with E-state index in [1.165, 1.54) is 4.40 Å². The van der Waals surface area contributed by atoms with Gasteiger partial charge < -0.3 is 9.80 Å². The summed E-state index contributed by atoms with van der Waals surface area (Å²) in [5.74, 6) is -0.0839. The third-order valence-corrected chi connectivity index (χ3v) is 5.98. The number of benzene rings is 2. The maximum atomic E-state index is 13.3. The fourth-order valence-corrected chi connectivity index (χ4v) is 4.19. The van der Waals surface area contributed by atoms with Gasteiger partial charge in [-0.05, 0) is 55.5 Å². The number of hydrogen-bond acceptors (Lipinski definition) is 5. The Morgan fingerprint density at radius 1 is 0.875 bits per heavy atom. The average Bonchev–Trinajstić information content (AvgIpc) is 2.84. The van der Waals surface area contributed by atoms with Crippen LogP contribution in [0, 0.1) is 0 Å². The fourth-order valence-electron chi connectivity index (χ4n) is 4.19. The molecule has 7 heteroatoms. The van der Waals surface area contributed by atoms with Gasteiger partial charge in [-0.25, -0.2) is 4.98 Å². The van der Waals surface area contributed by atoms with E-state index in [2.05, 4.69) is 9.88 Å². The molecule has 1 aliphatic rings. The predicted octanol–water partition coefficient (Wildman–Crippen LogP) is 3.01. The topological polar surface area (TPSA) is 75.0 Å². The number of nitrogens with zero attached hydrogens (tertiary/aromatic N) is 4. The molecule has 0 atom stereocenters. The highest BCUT2D eigenvalue weighted by Gasteiger charge is 2.24. The van der Waals surface area contributed by atoms with Crippen molar-refractivity contribution in [3.8, 4) is 0 Å². The van der Waals surface area contributed by atoms with Crippen molar-refractivity contribution in [3.63, 3.8) is 0 Å². The molecule has 5 rings (SSSR count). The normalized spacial score (nSPS) is 14.2. The van der Waals surface area contributed by atoms with Crippen molar-refractivity contribution in [2.45, 2.75) is 6.92 Å². The lowest BCUT2D eigenvalue weighted by Gasteiger charge is -2.36. The second kappa shape index (κ2) is 7.92. The van der Waals surface area contributed by atoms with Gasteiger partial charge in [0.05, 0.1) is 16.5 Å². The lowest BCUT2D eigenvalue weighted by Crippen LogP contribution is -2.49. The molecule has 1 saturated heterocycles. The molecule has 0 N–H and O–H groups in total. The Labute approximate surface area is 184 Å². The lowest BCUT2D eigenvalue weighted by molar-refractivity contribution is 0.0748. The third kappa shape index (κ3) is 3.41. The Morgan fingerprint density at radius 2 is 1.59 bits per heavy atom. The number of carbonyl (C=O) groups excluding carboxylic acids is 2. The zero-order valence-electron chi connectivity index (χ0n) is 17.7. The van der Waals surface area contributed by atoms with Crippen molar-refractivity contribution >= 4 is 33.9 Å². The molecular weight excluding hydrogens is 404 g/mol. The molecule has 3 heterocycles. The highest BCUT2D eigenvalue weighted by atomic mass is 16.2. The number of para-hydroxylation sites is 1. The number of pyridine rings is 1. The van der Waals surface area contributed by atoms with Crippen LogP contribution in [0.3, 0.4) is 0 Å². The van der Waals surface area contributed by atoms with E-state index >= 15 is 0 Å². The van der Waals surface area contributed by atoms with Crippen molar-refractivity contribution in [1.82, 2.24) is 14.3 Å². The van der Waals surface area contributed by atoms with Crippen molar-refractivity contribution in [3.05, 3.63) is 88.3 Å². The number of fused-ring (bicyclic) bond motifs is 2. The van der Waals surface area contributed by atoms with Crippen LogP contribution in [0.5, 0.6) is 0 Å². The van der Waals surface area contributed by atoms with Gasteiger partial charge in [0.1, 0.15) is 0 Å². The maximum absolute atomic E-state index is 13.3. The summed E-state index contributed by atoms with van der Waals surface area (Å²) in [7, 11) is 0. The standard InChI is InChI=1S/C25H22N4O3/c1-17(30)18-8-10-19(11-9-18)27-13-15-28(16-14-27)24(31)21-6-4-12-29-23(21)26-22-7-3-2-5-20(22)25(29)32/h2-12H,13-16H2,1H3. The van der Waals surface area contributed by atoms with Crippen molar-refractivity contribution in [2.75, 3.05) is 31.1 Å². The van der Waals surface area contributed by atoms with Gasteiger partial charge in [0.2, 0.25) is 0 Å². The van der Waals surface area contributed by atoms with E-state index in [1.807, 2.05) is 30.3 Å². The van der Waals surface area contributed by atoms with Gasteiger partial charge in [-0.15, -0.1) is 0 Å². The molecule has 0 unspecified atom stereocenters. The second-order valence-electron chi connectivity index (χ2n) is 7.93. The summed E-state index contributed by atoms with van der Waals surface area (Å²) in [4.78, 5) is 46.3. The van der Waals surface area contributed by atoms with Gasteiger partial charge in [0.25, 0.3) is 11.5 Å². The summed E-state index contributed by atoms with van der Waals surface area (Å²) in [6.07, 6.45) is 1.65. The SMILES string of the molecule is CC(=O)c1ccc(N2CCN(C(=O)c3cccn4c(=O)c5ccccc5nc34)CC2)cc1. The van der Waals surface area contributed by atoms with E-state index in [9.17, 15) is 14.4 Å².